The minimum absolute atomic E-state index is 0.0650. The van der Waals surface area contributed by atoms with E-state index in [2.05, 4.69) is 20.9 Å². The average Bonchev–Trinajstić information content (AvgIpc) is 2.96. The molecule has 0 radical (unpaired) electrons. The van der Waals surface area contributed by atoms with Gasteiger partial charge in [0.1, 0.15) is 11.5 Å². The Kier molecular flexibility index (Phi) is 6.29. The van der Waals surface area contributed by atoms with Gasteiger partial charge in [0, 0.05) is 18.7 Å². The highest BCUT2D eigenvalue weighted by atomic mass is 79.9. The van der Waals surface area contributed by atoms with E-state index in [9.17, 15) is 14.7 Å². The molecule has 1 fully saturated rings. The Bertz CT molecular complexity index is 1030. The second-order valence-electron chi connectivity index (χ2n) is 5.93. The van der Waals surface area contributed by atoms with Gasteiger partial charge < -0.3 is 19.4 Å². The predicted molar refractivity (Wildman–Crippen MR) is 113 cm³/mol. The molecule has 0 spiro atoms. The van der Waals surface area contributed by atoms with E-state index in [1.807, 2.05) is 6.07 Å². The molecule has 0 N–H and O–H groups in total. The number of aliphatic imine (C=N–C) groups is 1. The molecular formula is C20H16BrN2O5S-. The third-order valence-corrected chi connectivity index (χ3v) is 5.80. The molecule has 1 aliphatic heterocycles. The fourth-order valence-electron chi connectivity index (χ4n) is 2.57. The van der Waals surface area contributed by atoms with Crippen LogP contribution >= 0.6 is 27.7 Å². The molecule has 0 aromatic heterocycles. The van der Waals surface area contributed by atoms with E-state index in [1.54, 1.807) is 45.5 Å². The van der Waals surface area contributed by atoms with Crippen LogP contribution in [0, 0.1) is 0 Å². The number of aromatic carboxylic acids is 1. The van der Waals surface area contributed by atoms with Gasteiger partial charge in [-0.05, 0) is 57.5 Å². The highest BCUT2D eigenvalue weighted by Gasteiger charge is 2.30. The number of thioether (sulfide) groups is 1. The first kappa shape index (κ1) is 20.9. The van der Waals surface area contributed by atoms with Crippen LogP contribution in [-0.4, -0.2) is 43.2 Å². The van der Waals surface area contributed by atoms with Crippen LogP contribution in [0.5, 0.6) is 11.5 Å². The van der Waals surface area contributed by atoms with Crippen molar-refractivity contribution in [2.24, 2.45) is 4.99 Å². The number of benzene rings is 2. The molecule has 1 amide bonds. The third-order valence-electron chi connectivity index (χ3n) is 4.12. The Hall–Kier alpha value is -2.78. The first-order valence-corrected chi connectivity index (χ1v) is 9.94. The maximum Gasteiger partial charge on any atom is 0.266 e. The summed E-state index contributed by atoms with van der Waals surface area (Å²) < 4.78 is 11.4. The van der Waals surface area contributed by atoms with Crippen LogP contribution in [0.3, 0.4) is 0 Å². The number of hydrogen-bond donors (Lipinski definition) is 0. The topological polar surface area (TPSA) is 91.3 Å². The summed E-state index contributed by atoms with van der Waals surface area (Å²) in [6, 6.07) is 9.48. The van der Waals surface area contributed by atoms with Gasteiger partial charge in [0.2, 0.25) is 0 Å². The summed E-state index contributed by atoms with van der Waals surface area (Å²) in [6.45, 7) is 0. The summed E-state index contributed by atoms with van der Waals surface area (Å²) in [5.41, 5.74) is 1.31. The van der Waals surface area contributed by atoms with Crippen LogP contribution in [0.1, 0.15) is 15.9 Å². The molecule has 29 heavy (non-hydrogen) atoms. The molecule has 1 heterocycles. The molecule has 1 saturated heterocycles. The molecule has 7 nitrogen and oxygen atoms in total. The van der Waals surface area contributed by atoms with E-state index in [1.165, 1.54) is 28.8 Å². The Labute approximate surface area is 180 Å². The summed E-state index contributed by atoms with van der Waals surface area (Å²) >= 11 is 4.66. The molecule has 0 bridgehead atoms. The molecule has 3 rings (SSSR count). The van der Waals surface area contributed by atoms with Crippen molar-refractivity contribution in [1.82, 2.24) is 4.90 Å². The average molecular weight is 476 g/mol. The third kappa shape index (κ3) is 4.46. The van der Waals surface area contributed by atoms with Crippen molar-refractivity contribution in [3.8, 4) is 11.5 Å². The van der Waals surface area contributed by atoms with Crippen LogP contribution in [0.2, 0.25) is 0 Å². The lowest BCUT2D eigenvalue weighted by molar-refractivity contribution is -0.255. The molecule has 2 aromatic carbocycles. The van der Waals surface area contributed by atoms with E-state index in [0.29, 0.717) is 32.8 Å². The summed E-state index contributed by atoms with van der Waals surface area (Å²) in [6.07, 6.45) is 1.73. The number of methoxy groups -OCH3 is 2. The number of carbonyl (C=O) groups is 2. The van der Waals surface area contributed by atoms with Crippen molar-refractivity contribution < 1.29 is 24.2 Å². The second-order valence-corrected chi connectivity index (χ2v) is 7.80. The number of hydrogen-bond acceptors (Lipinski definition) is 7. The maximum absolute atomic E-state index is 12.7. The van der Waals surface area contributed by atoms with E-state index in [4.69, 9.17) is 9.47 Å². The smallest absolute Gasteiger partial charge is 0.266 e. The number of likely N-dealkylation sites (N-methyl/N-ethyl adjacent to an activating group) is 1. The van der Waals surface area contributed by atoms with Gasteiger partial charge in [-0.15, -0.1) is 0 Å². The highest BCUT2D eigenvalue weighted by molar-refractivity contribution is 9.10. The quantitative estimate of drug-likeness (QED) is 0.617. The van der Waals surface area contributed by atoms with Gasteiger partial charge >= 0.3 is 0 Å². The van der Waals surface area contributed by atoms with E-state index < -0.39 is 5.97 Å². The number of carboxylic acid groups (broad SMARTS) is 1. The predicted octanol–water partition coefficient (Wildman–Crippen LogP) is 3.06. The van der Waals surface area contributed by atoms with Crippen molar-refractivity contribution in [2.45, 2.75) is 0 Å². The number of carboxylic acids is 1. The van der Waals surface area contributed by atoms with Gasteiger partial charge in [0.05, 0.1) is 35.3 Å². The van der Waals surface area contributed by atoms with Crippen molar-refractivity contribution in [1.29, 1.82) is 0 Å². The van der Waals surface area contributed by atoms with Crippen LogP contribution in [0.15, 0.2) is 50.8 Å². The minimum atomic E-state index is -1.25. The Morgan fingerprint density at radius 3 is 2.41 bits per heavy atom. The lowest BCUT2D eigenvalue weighted by Crippen LogP contribution is -2.23. The fourth-order valence-corrected chi connectivity index (χ4v) is 4.07. The lowest BCUT2D eigenvalue weighted by atomic mass is 10.1. The fraction of sp³-hybridized carbons (Fsp3) is 0.150. The molecule has 1 aliphatic rings. The Balaban J connectivity index is 1.92. The van der Waals surface area contributed by atoms with Gasteiger partial charge in [-0.1, -0.05) is 12.1 Å². The van der Waals surface area contributed by atoms with Gasteiger partial charge in [0.15, 0.2) is 5.17 Å². The zero-order valence-corrected chi connectivity index (χ0v) is 18.2. The number of halogens is 1. The van der Waals surface area contributed by atoms with Crippen LogP contribution in [0.4, 0.5) is 5.69 Å². The van der Waals surface area contributed by atoms with Crippen molar-refractivity contribution in [3.63, 3.8) is 0 Å². The zero-order chi connectivity index (χ0) is 21.1. The molecule has 0 atom stereocenters. The van der Waals surface area contributed by atoms with E-state index in [-0.39, 0.29) is 11.5 Å². The summed E-state index contributed by atoms with van der Waals surface area (Å²) in [4.78, 5) is 29.9. The minimum Gasteiger partial charge on any atom is -0.545 e. The van der Waals surface area contributed by atoms with Crippen LogP contribution in [0.25, 0.3) is 6.08 Å². The number of amidine groups is 1. The first-order chi connectivity index (χ1) is 13.8. The molecule has 9 heteroatoms. The number of amides is 1. The zero-order valence-electron chi connectivity index (χ0n) is 15.8. The van der Waals surface area contributed by atoms with Crippen LogP contribution in [-0.2, 0) is 4.79 Å². The monoisotopic (exact) mass is 475 g/mol. The number of carbonyl (C=O) groups excluding carboxylic acids is 2. The highest BCUT2D eigenvalue weighted by Crippen LogP contribution is 2.38. The van der Waals surface area contributed by atoms with E-state index in [0.717, 1.165) is 4.47 Å². The van der Waals surface area contributed by atoms with Crippen molar-refractivity contribution in [3.05, 3.63) is 56.9 Å². The first-order valence-electron chi connectivity index (χ1n) is 8.33. The van der Waals surface area contributed by atoms with Crippen molar-refractivity contribution >= 4 is 56.5 Å². The molecule has 0 unspecified atom stereocenters. The van der Waals surface area contributed by atoms with Crippen molar-refractivity contribution in [2.75, 3.05) is 21.3 Å². The van der Waals surface area contributed by atoms with Crippen LogP contribution < -0.4 is 14.6 Å². The summed E-state index contributed by atoms with van der Waals surface area (Å²) in [7, 11) is 4.74. The number of rotatable bonds is 5. The second kappa shape index (κ2) is 8.71. The maximum atomic E-state index is 12.7. The summed E-state index contributed by atoms with van der Waals surface area (Å²) in [5.74, 6) is -0.267. The van der Waals surface area contributed by atoms with E-state index >= 15 is 0 Å². The molecule has 0 aliphatic carbocycles. The normalized spacial score (nSPS) is 16.6. The molecular weight excluding hydrogens is 460 g/mol. The number of nitrogens with zero attached hydrogens (tertiary/aromatic N) is 2. The summed E-state index contributed by atoms with van der Waals surface area (Å²) in [5, 5.41) is 11.3. The standard InChI is InChI=1S/C20H17BrN2O5S/c1-23-18(24)17(9-12-8-14(21)16(28-3)10-15(12)27-2)29-20(23)22-13-6-4-11(5-7-13)19(25)26/h4-10H,1-3H3,(H,25,26)/p-1/b17-9-,22-20?. The largest absolute Gasteiger partial charge is 0.545 e. The molecule has 2 aromatic rings. The SMILES string of the molecule is COc1cc(OC)c(/C=C2\SC(=Nc3ccc(C(=O)[O-])cc3)N(C)C2=O)cc1Br. The molecule has 150 valence electrons. The van der Waals surface area contributed by atoms with Gasteiger partial charge in [0.25, 0.3) is 5.91 Å². The number of ether oxygens (including phenoxy) is 2. The van der Waals surface area contributed by atoms with Gasteiger partial charge in [-0.25, -0.2) is 4.99 Å². The Morgan fingerprint density at radius 1 is 1.17 bits per heavy atom. The van der Waals surface area contributed by atoms with Gasteiger partial charge in [-0.2, -0.15) is 0 Å². The Morgan fingerprint density at radius 2 is 1.83 bits per heavy atom. The molecule has 0 saturated carbocycles. The van der Waals surface area contributed by atoms with Gasteiger partial charge in [-0.3, -0.25) is 9.69 Å². The lowest BCUT2D eigenvalue weighted by Gasteiger charge is -2.10.